The van der Waals surface area contributed by atoms with Gasteiger partial charge in [0.15, 0.2) is 0 Å². The van der Waals surface area contributed by atoms with E-state index >= 15 is 0 Å². The van der Waals surface area contributed by atoms with E-state index in [0.717, 1.165) is 0 Å². The van der Waals surface area contributed by atoms with Crippen molar-refractivity contribution >= 4 is 51.6 Å². The van der Waals surface area contributed by atoms with Crippen molar-refractivity contribution in [2.45, 2.75) is 0 Å². The molecule has 0 saturated carbocycles. The molecule has 0 aromatic heterocycles. The summed E-state index contributed by atoms with van der Waals surface area (Å²) in [5.41, 5.74) is 0. The van der Waals surface area contributed by atoms with Crippen molar-refractivity contribution in [3.63, 3.8) is 0 Å². The van der Waals surface area contributed by atoms with E-state index in [1.54, 1.807) is 0 Å². The number of carbonyl (C=O) groups excluding carboxylic acids is 1. The van der Waals surface area contributed by atoms with E-state index in [1.807, 2.05) is 0 Å². The Hall–Kier alpha value is 1.00. The van der Waals surface area contributed by atoms with Gasteiger partial charge in [-0.05, 0) is 6.16 Å². The van der Waals surface area contributed by atoms with Crippen LogP contribution in [0.25, 0.3) is 0 Å². The first-order valence-electron chi connectivity index (χ1n) is 0.612. The van der Waals surface area contributed by atoms with E-state index in [0.29, 0.717) is 0 Å². The molecule has 0 aliphatic heterocycles. The Labute approximate surface area is 84.2 Å². The maximum absolute atomic E-state index is 8.33. The summed E-state index contributed by atoms with van der Waals surface area (Å²) in [6.45, 7) is 0. The minimum Gasteiger partial charge on any atom is -1.00 e. The third-order valence-corrected chi connectivity index (χ3v) is 0. The second kappa shape index (κ2) is 15.7. The largest absolute Gasteiger partial charge is 2.00 e. The Kier molecular flexibility index (Phi) is 55.1. The minimum atomic E-state index is -2.33. The molecule has 0 spiro atoms. The minimum absolute atomic E-state index is 0. The van der Waals surface area contributed by atoms with E-state index in [4.69, 9.17) is 15.0 Å². The Morgan fingerprint density at radius 3 is 1.29 bits per heavy atom. The molecular weight excluding hydrogens is 197 g/mol. The second-order valence-electron chi connectivity index (χ2n) is 0.250. The van der Waals surface area contributed by atoms with Crippen molar-refractivity contribution < 1.29 is 27.4 Å². The van der Waals surface area contributed by atoms with Crippen LogP contribution in [0.3, 0.4) is 0 Å². The number of hydrogen-bond donors (Lipinski definition) is 1. The molecule has 0 bridgehead atoms. The third-order valence-electron chi connectivity index (χ3n) is 0. The Balaban J connectivity index is -0.0000000150. The molecule has 0 heterocycles. The van der Waals surface area contributed by atoms with Crippen LogP contribution in [-0.2, 0) is 0 Å². The fraction of sp³-hybridized carbons (Fsp3) is 0. The van der Waals surface area contributed by atoms with E-state index in [-0.39, 0.29) is 64.0 Å². The van der Waals surface area contributed by atoms with Gasteiger partial charge in [-0.3, -0.25) is 0 Å². The van der Waals surface area contributed by atoms with Crippen LogP contribution < -0.4 is 28.8 Å². The van der Waals surface area contributed by atoms with Gasteiger partial charge in [0.05, 0.1) is 0 Å². The first-order valence-corrected chi connectivity index (χ1v) is 0.612. The van der Waals surface area contributed by atoms with Crippen LogP contribution in [0.4, 0.5) is 4.79 Å². The van der Waals surface area contributed by atoms with Crippen LogP contribution in [0.5, 0.6) is 0 Å². The van der Waals surface area contributed by atoms with Crippen molar-refractivity contribution in [1.29, 1.82) is 0 Å². The second-order valence-corrected chi connectivity index (χ2v) is 0.250. The molecule has 0 saturated heterocycles. The molecule has 0 radical (unpaired) electrons. The van der Waals surface area contributed by atoms with Crippen LogP contribution in [0.2, 0.25) is 0 Å². The summed E-state index contributed by atoms with van der Waals surface area (Å²) < 4.78 is 0. The predicted molar refractivity (Wildman–Crippen MR) is 17.1 cm³/mol. The summed E-state index contributed by atoms with van der Waals surface area (Å²) in [4.78, 5) is 8.33. The van der Waals surface area contributed by atoms with Gasteiger partial charge in [-0.2, -0.15) is 0 Å². The third kappa shape index (κ3) is 175. The molecule has 0 aliphatic carbocycles. The van der Waals surface area contributed by atoms with Gasteiger partial charge in [0, 0.05) is 0 Å². The number of hydrogen-bond acceptors (Lipinski definition) is 3. The molecule has 6 heteroatoms. The summed E-state index contributed by atoms with van der Waals surface area (Å²) in [6, 6.07) is 0. The fourth-order valence-corrected chi connectivity index (χ4v) is 0. The molecule has 0 aromatic carbocycles. The summed E-state index contributed by atoms with van der Waals surface area (Å²) in [5, 5.41) is 16.7. The summed E-state index contributed by atoms with van der Waals surface area (Å²) in [5.74, 6) is 0. The maximum Gasteiger partial charge on any atom is 2.00 e. The fourth-order valence-electron chi connectivity index (χ4n) is 0. The van der Waals surface area contributed by atoms with Gasteiger partial charge in [0.2, 0.25) is 0 Å². The number of carbonyl (C=O) groups is 1. The van der Waals surface area contributed by atoms with E-state index in [1.165, 1.54) is 0 Å². The molecular formula is CH4ClNO3Sr. The summed E-state index contributed by atoms with van der Waals surface area (Å²) >= 11 is 0. The molecule has 0 rings (SSSR count). The Bertz CT molecular complexity index is 37.9. The number of carboxylic acid groups (broad SMARTS) is 2. The maximum atomic E-state index is 8.33. The van der Waals surface area contributed by atoms with Gasteiger partial charge in [-0.25, -0.2) is 0 Å². The zero-order chi connectivity index (χ0) is 3.58. The average Bonchev–Trinajstić information content (AvgIpc) is 0.811. The number of quaternary nitrogens is 1. The van der Waals surface area contributed by atoms with Crippen molar-refractivity contribution in [2.75, 3.05) is 0 Å². The Morgan fingerprint density at radius 1 is 1.29 bits per heavy atom. The monoisotopic (exact) mass is 201 g/mol. The van der Waals surface area contributed by atoms with Crippen molar-refractivity contribution in [3.05, 3.63) is 0 Å². The molecule has 0 atom stereocenters. The van der Waals surface area contributed by atoms with Crippen molar-refractivity contribution in [3.8, 4) is 0 Å². The van der Waals surface area contributed by atoms with Gasteiger partial charge in [0.1, 0.15) is 0 Å². The smallest absolute Gasteiger partial charge is 1.00 e. The normalized spacial score (nSPS) is 3.43. The summed E-state index contributed by atoms with van der Waals surface area (Å²) in [7, 11) is 0. The molecule has 0 amide bonds. The van der Waals surface area contributed by atoms with Crippen LogP contribution in [0.1, 0.15) is 0 Å². The SMILES string of the molecule is O=C([O-])[O-].[Cl-].[NH4+].[Sr+2]. The number of rotatable bonds is 0. The van der Waals surface area contributed by atoms with Crippen LogP contribution in [0, 0.1) is 0 Å². The number of halogens is 1. The van der Waals surface area contributed by atoms with E-state index in [2.05, 4.69) is 0 Å². The first-order chi connectivity index (χ1) is 1.73. The Morgan fingerprint density at radius 2 is 1.29 bits per heavy atom. The zero-order valence-corrected chi connectivity index (χ0v) is 8.04. The molecule has 0 fully saturated rings. The molecule has 0 aromatic rings. The van der Waals surface area contributed by atoms with Crippen LogP contribution >= 0.6 is 0 Å². The summed E-state index contributed by atoms with van der Waals surface area (Å²) in [6.07, 6.45) is -2.33. The van der Waals surface area contributed by atoms with Crippen molar-refractivity contribution in [2.24, 2.45) is 0 Å². The van der Waals surface area contributed by atoms with Gasteiger partial charge in [-0.15, -0.1) is 0 Å². The van der Waals surface area contributed by atoms with Gasteiger partial charge >= 0.3 is 45.5 Å². The quantitative estimate of drug-likeness (QED) is 0.396. The van der Waals surface area contributed by atoms with Crippen LogP contribution in [0.15, 0.2) is 0 Å². The molecule has 4 N–H and O–H groups in total. The van der Waals surface area contributed by atoms with E-state index < -0.39 is 6.16 Å². The standard InChI is InChI=1S/CH2O3.ClH.H3N.Sr/c2-1(3)4;;;/h(H2,2,3,4);1H;1H3;/q;;;+2/p-2. The van der Waals surface area contributed by atoms with Crippen molar-refractivity contribution in [1.82, 2.24) is 6.15 Å². The van der Waals surface area contributed by atoms with Gasteiger partial charge in [-0.1, -0.05) is 0 Å². The topological polar surface area (TPSA) is 99.7 Å². The molecule has 4 nitrogen and oxygen atoms in total. The molecule has 0 unspecified atom stereocenters. The molecule has 0 aliphatic rings. The van der Waals surface area contributed by atoms with Gasteiger partial charge < -0.3 is 33.6 Å². The van der Waals surface area contributed by atoms with Gasteiger partial charge in [0.25, 0.3) is 0 Å². The van der Waals surface area contributed by atoms with Crippen LogP contribution in [-0.4, -0.2) is 51.6 Å². The predicted octanol–water partition coefficient (Wildman–Crippen LogP) is -5.45. The van der Waals surface area contributed by atoms with E-state index in [9.17, 15) is 0 Å². The first kappa shape index (κ1) is 24.5. The molecule has 7 heavy (non-hydrogen) atoms. The average molecular weight is 201 g/mol. The molecule has 40 valence electrons. The zero-order valence-electron chi connectivity index (χ0n) is 3.81.